The largest absolute Gasteiger partial charge is 0.294 e. The van der Waals surface area contributed by atoms with Gasteiger partial charge in [-0.25, -0.2) is 0 Å². The number of nitrogens with zero attached hydrogens (tertiary/aromatic N) is 1. The quantitative estimate of drug-likeness (QED) is 0.639. The fraction of sp³-hybridized carbons (Fsp3) is 0.167. The summed E-state index contributed by atoms with van der Waals surface area (Å²) in [6.07, 6.45) is 1.79. The van der Waals surface area contributed by atoms with Crippen LogP contribution < -0.4 is 0 Å². The number of aromatic nitrogens is 1. The van der Waals surface area contributed by atoms with Gasteiger partial charge in [-0.05, 0) is 31.5 Å². The molecule has 1 aromatic carbocycles. The average Bonchev–Trinajstić information content (AvgIpc) is 2.16. The SMILES string of the molecule is CC(=O)c1cccc2cc(C)cnc12. The molecule has 0 saturated heterocycles. The second kappa shape index (κ2) is 3.22. The molecule has 0 aliphatic heterocycles. The van der Waals surface area contributed by atoms with Crippen molar-refractivity contribution in [3.63, 3.8) is 0 Å². The third-order valence-electron chi connectivity index (χ3n) is 2.23. The molecule has 2 aromatic rings. The molecule has 0 atom stereocenters. The number of benzene rings is 1. The number of para-hydroxylation sites is 1. The number of rotatable bonds is 1. The van der Waals surface area contributed by atoms with E-state index in [1.54, 1.807) is 13.1 Å². The number of ketones is 1. The summed E-state index contributed by atoms with van der Waals surface area (Å²) in [5, 5.41) is 1.03. The van der Waals surface area contributed by atoms with Gasteiger partial charge in [-0.15, -0.1) is 0 Å². The van der Waals surface area contributed by atoms with Crippen LogP contribution in [0.25, 0.3) is 10.9 Å². The first-order valence-electron chi connectivity index (χ1n) is 4.55. The monoisotopic (exact) mass is 185 g/mol. The Balaban J connectivity index is 2.81. The predicted molar refractivity (Wildman–Crippen MR) is 56.5 cm³/mol. The summed E-state index contributed by atoms with van der Waals surface area (Å²) in [4.78, 5) is 15.6. The van der Waals surface area contributed by atoms with Crippen LogP contribution in [-0.2, 0) is 0 Å². The third kappa shape index (κ3) is 1.39. The van der Waals surface area contributed by atoms with E-state index < -0.39 is 0 Å². The van der Waals surface area contributed by atoms with Gasteiger partial charge in [0.2, 0.25) is 0 Å². The van der Waals surface area contributed by atoms with E-state index in [1.807, 2.05) is 31.2 Å². The van der Waals surface area contributed by atoms with E-state index in [1.165, 1.54) is 0 Å². The van der Waals surface area contributed by atoms with Gasteiger partial charge in [0.05, 0.1) is 5.52 Å². The molecule has 2 heteroatoms. The van der Waals surface area contributed by atoms with Crippen LogP contribution in [-0.4, -0.2) is 10.8 Å². The zero-order chi connectivity index (χ0) is 10.1. The van der Waals surface area contributed by atoms with E-state index in [-0.39, 0.29) is 5.78 Å². The third-order valence-corrected chi connectivity index (χ3v) is 2.23. The molecule has 1 heterocycles. The number of carbonyl (C=O) groups excluding carboxylic acids is 1. The summed E-state index contributed by atoms with van der Waals surface area (Å²) in [7, 11) is 0. The minimum Gasteiger partial charge on any atom is -0.294 e. The van der Waals surface area contributed by atoms with E-state index in [9.17, 15) is 4.79 Å². The van der Waals surface area contributed by atoms with Crippen LogP contribution >= 0.6 is 0 Å². The zero-order valence-electron chi connectivity index (χ0n) is 8.24. The highest BCUT2D eigenvalue weighted by molar-refractivity contribution is 6.05. The highest BCUT2D eigenvalue weighted by Crippen LogP contribution is 2.17. The molecule has 0 saturated carbocycles. The van der Waals surface area contributed by atoms with Crippen molar-refractivity contribution in [2.45, 2.75) is 13.8 Å². The van der Waals surface area contributed by atoms with Crippen LogP contribution in [0.1, 0.15) is 22.8 Å². The zero-order valence-corrected chi connectivity index (χ0v) is 8.24. The molecular weight excluding hydrogens is 174 g/mol. The van der Waals surface area contributed by atoms with Crippen LogP contribution in [0.15, 0.2) is 30.5 Å². The number of hydrogen-bond acceptors (Lipinski definition) is 2. The summed E-state index contributed by atoms with van der Waals surface area (Å²) < 4.78 is 0. The Labute approximate surface area is 82.6 Å². The maximum absolute atomic E-state index is 11.3. The molecule has 70 valence electrons. The number of aryl methyl sites for hydroxylation is 1. The minimum atomic E-state index is 0.0620. The van der Waals surface area contributed by atoms with Crippen LogP contribution in [0.4, 0.5) is 0 Å². The standard InChI is InChI=1S/C12H11NO/c1-8-6-10-4-3-5-11(9(2)14)12(10)13-7-8/h3-7H,1-2H3. The topological polar surface area (TPSA) is 30.0 Å². The summed E-state index contributed by atoms with van der Waals surface area (Å²) in [6, 6.07) is 7.71. The lowest BCUT2D eigenvalue weighted by Crippen LogP contribution is -1.95. The molecule has 0 N–H and O–H groups in total. The molecule has 2 rings (SSSR count). The van der Waals surface area contributed by atoms with E-state index in [0.717, 1.165) is 16.5 Å². The Bertz CT molecular complexity index is 503. The van der Waals surface area contributed by atoms with Crippen LogP contribution in [0.3, 0.4) is 0 Å². The Morgan fingerprint density at radius 3 is 2.86 bits per heavy atom. The molecule has 0 aliphatic carbocycles. The first-order valence-corrected chi connectivity index (χ1v) is 4.55. The summed E-state index contributed by atoms with van der Waals surface area (Å²) in [6.45, 7) is 3.56. The van der Waals surface area contributed by atoms with Gasteiger partial charge >= 0.3 is 0 Å². The van der Waals surface area contributed by atoms with E-state index in [4.69, 9.17) is 0 Å². The van der Waals surface area contributed by atoms with E-state index in [0.29, 0.717) is 5.56 Å². The maximum Gasteiger partial charge on any atom is 0.161 e. The Morgan fingerprint density at radius 2 is 2.14 bits per heavy atom. The lowest BCUT2D eigenvalue weighted by molar-refractivity contribution is 0.101. The molecule has 0 unspecified atom stereocenters. The fourth-order valence-electron chi connectivity index (χ4n) is 1.55. The van der Waals surface area contributed by atoms with Gasteiger partial charge in [-0.1, -0.05) is 12.1 Å². The van der Waals surface area contributed by atoms with Crippen molar-refractivity contribution in [2.24, 2.45) is 0 Å². The molecule has 0 spiro atoms. The van der Waals surface area contributed by atoms with Gasteiger partial charge in [-0.3, -0.25) is 9.78 Å². The fourth-order valence-corrected chi connectivity index (χ4v) is 1.55. The molecule has 0 radical (unpaired) electrons. The van der Waals surface area contributed by atoms with Crippen LogP contribution in [0, 0.1) is 6.92 Å². The van der Waals surface area contributed by atoms with E-state index in [2.05, 4.69) is 4.98 Å². The van der Waals surface area contributed by atoms with Gasteiger partial charge < -0.3 is 0 Å². The summed E-state index contributed by atoms with van der Waals surface area (Å²) in [5.41, 5.74) is 2.60. The van der Waals surface area contributed by atoms with Gasteiger partial charge in [-0.2, -0.15) is 0 Å². The van der Waals surface area contributed by atoms with Gasteiger partial charge in [0.25, 0.3) is 0 Å². The van der Waals surface area contributed by atoms with Crippen LogP contribution in [0.5, 0.6) is 0 Å². The average molecular weight is 185 g/mol. The van der Waals surface area contributed by atoms with Crippen molar-refractivity contribution in [3.05, 3.63) is 41.6 Å². The number of carbonyl (C=O) groups is 1. The van der Waals surface area contributed by atoms with E-state index >= 15 is 0 Å². The summed E-state index contributed by atoms with van der Waals surface area (Å²) >= 11 is 0. The second-order valence-corrected chi connectivity index (χ2v) is 3.45. The molecule has 0 aliphatic rings. The Hall–Kier alpha value is -1.70. The highest BCUT2D eigenvalue weighted by atomic mass is 16.1. The van der Waals surface area contributed by atoms with Crippen molar-refractivity contribution in [3.8, 4) is 0 Å². The van der Waals surface area contributed by atoms with Crippen molar-refractivity contribution in [1.82, 2.24) is 4.98 Å². The Kier molecular flexibility index (Phi) is 2.04. The van der Waals surface area contributed by atoms with Gasteiger partial charge in [0, 0.05) is 17.1 Å². The molecule has 0 fully saturated rings. The second-order valence-electron chi connectivity index (χ2n) is 3.45. The lowest BCUT2D eigenvalue weighted by atomic mass is 10.1. The number of hydrogen-bond donors (Lipinski definition) is 0. The molecule has 2 nitrogen and oxygen atoms in total. The number of Topliss-reactive ketones (excluding diaryl/α,β-unsaturated/α-hetero) is 1. The minimum absolute atomic E-state index is 0.0620. The molecule has 14 heavy (non-hydrogen) atoms. The van der Waals surface area contributed by atoms with Gasteiger partial charge in [0.1, 0.15) is 0 Å². The smallest absolute Gasteiger partial charge is 0.161 e. The summed E-state index contributed by atoms with van der Waals surface area (Å²) in [5.74, 6) is 0.0620. The number of pyridine rings is 1. The first kappa shape index (κ1) is 8.88. The lowest BCUT2D eigenvalue weighted by Gasteiger charge is -2.02. The highest BCUT2D eigenvalue weighted by Gasteiger charge is 2.05. The first-order chi connectivity index (χ1) is 6.68. The molecule has 1 aromatic heterocycles. The Morgan fingerprint density at radius 1 is 1.36 bits per heavy atom. The number of fused-ring (bicyclic) bond motifs is 1. The van der Waals surface area contributed by atoms with Crippen LogP contribution in [0.2, 0.25) is 0 Å². The predicted octanol–water partition coefficient (Wildman–Crippen LogP) is 2.75. The molecule has 0 amide bonds. The van der Waals surface area contributed by atoms with Crippen molar-refractivity contribution in [1.29, 1.82) is 0 Å². The van der Waals surface area contributed by atoms with Gasteiger partial charge in [0.15, 0.2) is 5.78 Å². The molecule has 0 bridgehead atoms. The normalized spacial score (nSPS) is 10.4. The maximum atomic E-state index is 11.3. The van der Waals surface area contributed by atoms with Crippen molar-refractivity contribution in [2.75, 3.05) is 0 Å². The van der Waals surface area contributed by atoms with Crippen molar-refractivity contribution < 1.29 is 4.79 Å². The van der Waals surface area contributed by atoms with Crippen molar-refractivity contribution >= 4 is 16.7 Å². The molecular formula is C12H11NO.